The molecule has 1 amide bonds. The molecule has 0 saturated heterocycles. The largest absolute Gasteiger partial charge is 0.478 e. The summed E-state index contributed by atoms with van der Waals surface area (Å²) >= 11 is 0. The molecule has 0 aliphatic carbocycles. The number of amides is 1. The van der Waals surface area contributed by atoms with E-state index in [1.807, 2.05) is 0 Å². The first-order valence-corrected chi connectivity index (χ1v) is 9.83. The zero-order valence-corrected chi connectivity index (χ0v) is 16.3. The Morgan fingerprint density at radius 1 is 1.07 bits per heavy atom. The van der Waals surface area contributed by atoms with Gasteiger partial charge in [0, 0.05) is 24.1 Å². The van der Waals surface area contributed by atoms with Crippen LogP contribution >= 0.6 is 0 Å². The number of nitro groups is 1. The molecule has 0 fully saturated rings. The molecule has 0 aliphatic rings. The average Bonchev–Trinajstić information content (AvgIpc) is 2.74. The van der Waals surface area contributed by atoms with Gasteiger partial charge in [0.05, 0.1) is 16.9 Å². The molecule has 0 aliphatic heterocycles. The van der Waals surface area contributed by atoms with Crippen LogP contribution < -0.4 is 14.8 Å². The molecule has 0 bridgehead atoms. The number of sulfonamides is 1. The van der Waals surface area contributed by atoms with E-state index in [1.165, 1.54) is 68.0 Å². The van der Waals surface area contributed by atoms with Crippen molar-refractivity contribution in [1.82, 2.24) is 9.97 Å². The maximum Gasteiger partial charge on any atom is 0.282 e. The van der Waals surface area contributed by atoms with Crippen LogP contribution in [-0.4, -0.2) is 36.3 Å². The van der Waals surface area contributed by atoms with Gasteiger partial charge in [0.2, 0.25) is 5.82 Å². The normalized spacial score (nSPS) is 10.8. The first-order chi connectivity index (χ1) is 14.3. The summed E-state index contributed by atoms with van der Waals surface area (Å²) in [5.41, 5.74) is -0.193. The number of aromatic nitrogens is 2. The lowest BCUT2D eigenvalue weighted by Gasteiger charge is -2.10. The number of benzene rings is 2. The van der Waals surface area contributed by atoms with Crippen LogP contribution in [0.25, 0.3) is 0 Å². The van der Waals surface area contributed by atoms with Crippen molar-refractivity contribution in [3.05, 3.63) is 76.6 Å². The monoisotopic (exact) mass is 429 g/mol. The Kier molecular flexibility index (Phi) is 5.88. The number of para-hydroxylation sites is 1. The lowest BCUT2D eigenvalue weighted by Crippen LogP contribution is -2.16. The fourth-order valence-electron chi connectivity index (χ4n) is 2.47. The van der Waals surface area contributed by atoms with Crippen LogP contribution in [0.15, 0.2) is 65.8 Å². The number of carbonyl (C=O) groups is 1. The first kappa shape index (κ1) is 20.7. The van der Waals surface area contributed by atoms with E-state index >= 15 is 0 Å². The third-order valence-electron chi connectivity index (χ3n) is 3.86. The number of nitrogens with one attached hydrogen (secondary N) is 2. The van der Waals surface area contributed by atoms with Crippen molar-refractivity contribution in [3.63, 3.8) is 0 Å². The van der Waals surface area contributed by atoms with Gasteiger partial charge in [-0.25, -0.2) is 18.4 Å². The molecular formula is C18H15N5O6S. The lowest BCUT2D eigenvalue weighted by molar-refractivity contribution is -0.385. The van der Waals surface area contributed by atoms with Crippen molar-refractivity contribution >= 4 is 33.1 Å². The van der Waals surface area contributed by atoms with Crippen molar-refractivity contribution in [1.29, 1.82) is 0 Å². The van der Waals surface area contributed by atoms with Gasteiger partial charge in [0.1, 0.15) is 5.56 Å². The Balaban J connectivity index is 1.78. The Morgan fingerprint density at radius 2 is 1.73 bits per heavy atom. The van der Waals surface area contributed by atoms with E-state index in [0.717, 1.165) is 0 Å². The van der Waals surface area contributed by atoms with Crippen LogP contribution in [0, 0.1) is 10.1 Å². The van der Waals surface area contributed by atoms with E-state index in [-0.39, 0.29) is 33.5 Å². The van der Waals surface area contributed by atoms with Gasteiger partial charge in [-0.15, -0.1) is 0 Å². The first-order valence-electron chi connectivity index (χ1n) is 8.34. The molecule has 11 nitrogen and oxygen atoms in total. The second-order valence-corrected chi connectivity index (χ2v) is 7.45. The SMILES string of the molecule is COc1nccnc1NS(=O)(=O)c1ccc(NC(=O)c2ccccc2[N+](=O)[O-])cc1. The number of anilines is 2. The molecule has 154 valence electrons. The van der Waals surface area contributed by atoms with Crippen molar-refractivity contribution in [2.75, 3.05) is 17.1 Å². The quantitative estimate of drug-likeness (QED) is 0.429. The highest BCUT2D eigenvalue weighted by Gasteiger charge is 2.20. The molecule has 1 aromatic heterocycles. The minimum atomic E-state index is -4.00. The second-order valence-electron chi connectivity index (χ2n) is 5.77. The summed E-state index contributed by atoms with van der Waals surface area (Å²) in [6, 6.07) is 10.7. The third-order valence-corrected chi connectivity index (χ3v) is 5.21. The molecule has 0 saturated carbocycles. The Morgan fingerprint density at radius 3 is 2.40 bits per heavy atom. The zero-order valence-electron chi connectivity index (χ0n) is 15.5. The predicted molar refractivity (Wildman–Crippen MR) is 107 cm³/mol. The highest BCUT2D eigenvalue weighted by molar-refractivity contribution is 7.92. The molecule has 0 unspecified atom stereocenters. The molecule has 1 heterocycles. The summed E-state index contributed by atoms with van der Waals surface area (Å²) in [7, 11) is -2.67. The summed E-state index contributed by atoms with van der Waals surface area (Å²) in [5, 5.41) is 13.6. The Labute approximate surface area is 171 Å². The van der Waals surface area contributed by atoms with Gasteiger partial charge < -0.3 is 10.1 Å². The number of methoxy groups -OCH3 is 1. The molecular weight excluding hydrogens is 414 g/mol. The molecule has 30 heavy (non-hydrogen) atoms. The van der Waals surface area contributed by atoms with E-state index in [1.54, 1.807) is 0 Å². The van der Waals surface area contributed by atoms with E-state index < -0.39 is 20.9 Å². The highest BCUT2D eigenvalue weighted by Crippen LogP contribution is 2.23. The van der Waals surface area contributed by atoms with Crippen LogP contribution in [0.1, 0.15) is 10.4 Å². The van der Waals surface area contributed by atoms with Crippen LogP contribution in [0.4, 0.5) is 17.2 Å². The average molecular weight is 429 g/mol. The van der Waals surface area contributed by atoms with Gasteiger partial charge in [-0.1, -0.05) is 12.1 Å². The van der Waals surface area contributed by atoms with E-state index in [2.05, 4.69) is 20.0 Å². The zero-order chi connectivity index (χ0) is 21.7. The third kappa shape index (κ3) is 4.50. The van der Waals surface area contributed by atoms with Gasteiger partial charge >= 0.3 is 0 Å². The molecule has 3 aromatic rings. The number of rotatable bonds is 7. The van der Waals surface area contributed by atoms with Crippen LogP contribution in [0.2, 0.25) is 0 Å². The summed E-state index contributed by atoms with van der Waals surface area (Å²) in [6.45, 7) is 0. The predicted octanol–water partition coefficient (Wildman–Crippen LogP) is 2.45. The number of ether oxygens (including phenoxy) is 1. The lowest BCUT2D eigenvalue weighted by atomic mass is 10.1. The van der Waals surface area contributed by atoms with E-state index in [4.69, 9.17) is 4.74 Å². The highest BCUT2D eigenvalue weighted by atomic mass is 32.2. The number of hydrogen-bond acceptors (Lipinski definition) is 8. The van der Waals surface area contributed by atoms with Crippen LogP contribution in [0.3, 0.4) is 0 Å². The van der Waals surface area contributed by atoms with Gasteiger partial charge in [-0.3, -0.25) is 19.6 Å². The fourth-order valence-corrected chi connectivity index (χ4v) is 3.48. The maximum absolute atomic E-state index is 12.5. The van der Waals surface area contributed by atoms with E-state index in [9.17, 15) is 23.3 Å². The Hall–Kier alpha value is -4.06. The number of nitro benzene ring substituents is 1. The standard InChI is InChI=1S/C18H15N5O6S/c1-29-18-16(19-10-11-20-18)22-30(27,28)13-8-6-12(7-9-13)21-17(24)14-4-2-3-5-15(14)23(25)26/h2-11H,1H3,(H,19,22)(H,21,24). The van der Waals surface area contributed by atoms with E-state index in [0.29, 0.717) is 0 Å². The van der Waals surface area contributed by atoms with Crippen molar-refractivity contribution < 1.29 is 22.9 Å². The number of nitrogens with zero attached hydrogens (tertiary/aromatic N) is 3. The molecule has 2 N–H and O–H groups in total. The van der Waals surface area contributed by atoms with Crippen molar-refractivity contribution in [2.24, 2.45) is 0 Å². The molecule has 0 atom stereocenters. The van der Waals surface area contributed by atoms with Gasteiger partial charge in [-0.05, 0) is 30.3 Å². The van der Waals surface area contributed by atoms with Crippen LogP contribution in [0.5, 0.6) is 5.88 Å². The number of hydrogen-bond donors (Lipinski definition) is 2. The minimum Gasteiger partial charge on any atom is -0.478 e. The molecule has 0 radical (unpaired) electrons. The van der Waals surface area contributed by atoms with Crippen molar-refractivity contribution in [2.45, 2.75) is 4.90 Å². The molecule has 3 rings (SSSR count). The fraction of sp³-hybridized carbons (Fsp3) is 0.0556. The molecule has 0 spiro atoms. The van der Waals surface area contributed by atoms with Crippen molar-refractivity contribution in [3.8, 4) is 5.88 Å². The summed E-state index contributed by atoms with van der Waals surface area (Å²) in [4.78, 5) is 30.4. The summed E-state index contributed by atoms with van der Waals surface area (Å²) in [6.07, 6.45) is 2.66. The second kappa shape index (κ2) is 8.53. The topological polar surface area (TPSA) is 153 Å². The molecule has 12 heteroatoms. The van der Waals surface area contributed by atoms with Crippen LogP contribution in [-0.2, 0) is 10.0 Å². The van der Waals surface area contributed by atoms with Gasteiger partial charge in [0.15, 0.2) is 0 Å². The number of carbonyl (C=O) groups excluding carboxylic acids is 1. The Bertz CT molecular complexity index is 1200. The maximum atomic E-state index is 12.5. The minimum absolute atomic E-state index is 0.00872. The van der Waals surface area contributed by atoms with Gasteiger partial charge in [-0.2, -0.15) is 0 Å². The smallest absolute Gasteiger partial charge is 0.282 e. The van der Waals surface area contributed by atoms with Gasteiger partial charge in [0.25, 0.3) is 27.5 Å². The molecule has 2 aromatic carbocycles. The summed E-state index contributed by atoms with van der Waals surface area (Å²) < 4.78 is 32.3. The summed E-state index contributed by atoms with van der Waals surface area (Å²) in [5.74, 6) is -0.761.